The van der Waals surface area contributed by atoms with Crippen LogP contribution in [-0.4, -0.2) is 30.1 Å². The van der Waals surface area contributed by atoms with Gasteiger partial charge in [-0.15, -0.1) is 0 Å². The fourth-order valence-corrected chi connectivity index (χ4v) is 3.34. The summed E-state index contributed by atoms with van der Waals surface area (Å²) in [6.07, 6.45) is 0.579. The van der Waals surface area contributed by atoms with E-state index in [1.165, 1.54) is 0 Å². The van der Waals surface area contributed by atoms with Crippen molar-refractivity contribution in [3.8, 4) is 0 Å². The number of carbonyl (C=O) groups is 3. The van der Waals surface area contributed by atoms with Gasteiger partial charge in [-0.1, -0.05) is 13.0 Å². The Morgan fingerprint density at radius 2 is 1.62 bits per heavy atom. The minimum absolute atomic E-state index is 0.240. The molecule has 0 bridgehead atoms. The van der Waals surface area contributed by atoms with E-state index >= 15 is 0 Å². The van der Waals surface area contributed by atoms with Crippen molar-refractivity contribution < 1.29 is 23.9 Å². The summed E-state index contributed by atoms with van der Waals surface area (Å²) in [5.41, 5.74) is 3.56. The molecule has 1 aliphatic heterocycles. The molecule has 1 heterocycles. The Kier molecular flexibility index (Phi) is 6.67. The van der Waals surface area contributed by atoms with E-state index in [4.69, 9.17) is 9.47 Å². The van der Waals surface area contributed by atoms with Gasteiger partial charge in [0.2, 0.25) is 0 Å². The molecule has 0 unspecified atom stereocenters. The average molecular weight is 437 g/mol. The first-order valence-corrected chi connectivity index (χ1v) is 10.6. The number of ether oxygens (including phenoxy) is 2. The number of hydrogen-bond donors (Lipinski definition) is 2. The van der Waals surface area contributed by atoms with Crippen molar-refractivity contribution in [1.82, 2.24) is 0 Å². The van der Waals surface area contributed by atoms with Crippen LogP contribution in [0.25, 0.3) is 5.57 Å². The zero-order valence-corrected chi connectivity index (χ0v) is 19.0. The van der Waals surface area contributed by atoms with Crippen LogP contribution < -0.4 is 10.6 Å². The van der Waals surface area contributed by atoms with Gasteiger partial charge in [0.1, 0.15) is 5.60 Å². The van der Waals surface area contributed by atoms with E-state index in [9.17, 15) is 14.4 Å². The van der Waals surface area contributed by atoms with Gasteiger partial charge in [-0.25, -0.2) is 9.59 Å². The van der Waals surface area contributed by atoms with Crippen molar-refractivity contribution in [2.24, 2.45) is 0 Å². The highest BCUT2D eigenvalue weighted by Gasteiger charge is 2.28. The lowest BCUT2D eigenvalue weighted by molar-refractivity contribution is -0.110. The molecule has 3 rings (SSSR count). The maximum Gasteiger partial charge on any atom is 0.338 e. The molecule has 0 aromatic heterocycles. The molecular formula is C25H28N2O5. The Morgan fingerprint density at radius 3 is 2.22 bits per heavy atom. The Hall–Kier alpha value is -3.61. The van der Waals surface area contributed by atoms with Gasteiger partial charge in [-0.3, -0.25) is 4.79 Å². The maximum absolute atomic E-state index is 12.7. The Balaban J connectivity index is 1.85. The zero-order chi connectivity index (χ0) is 23.5. The molecule has 2 aromatic rings. The van der Waals surface area contributed by atoms with Gasteiger partial charge in [-0.05, 0) is 70.5 Å². The topological polar surface area (TPSA) is 93.7 Å². The molecule has 168 valence electrons. The molecule has 7 nitrogen and oxygen atoms in total. The summed E-state index contributed by atoms with van der Waals surface area (Å²) in [6.45, 7) is 9.43. The highest BCUT2D eigenvalue weighted by molar-refractivity contribution is 6.32. The van der Waals surface area contributed by atoms with Crippen LogP contribution in [0.15, 0.2) is 48.2 Å². The molecule has 2 aromatic carbocycles. The van der Waals surface area contributed by atoms with Crippen LogP contribution in [0.3, 0.4) is 0 Å². The molecule has 2 N–H and O–H groups in total. The van der Waals surface area contributed by atoms with E-state index < -0.39 is 11.6 Å². The third-order valence-electron chi connectivity index (χ3n) is 4.75. The van der Waals surface area contributed by atoms with Crippen LogP contribution >= 0.6 is 0 Å². The normalized spacial score (nSPS) is 14.3. The quantitative estimate of drug-likeness (QED) is 0.489. The van der Waals surface area contributed by atoms with Gasteiger partial charge < -0.3 is 20.1 Å². The molecular weight excluding hydrogens is 408 g/mol. The molecule has 0 radical (unpaired) electrons. The molecule has 1 aliphatic rings. The summed E-state index contributed by atoms with van der Waals surface area (Å²) >= 11 is 0. The Morgan fingerprint density at radius 1 is 0.969 bits per heavy atom. The monoisotopic (exact) mass is 436 g/mol. The van der Waals surface area contributed by atoms with Crippen molar-refractivity contribution in [2.45, 2.75) is 46.6 Å². The van der Waals surface area contributed by atoms with Gasteiger partial charge in [0.15, 0.2) is 0 Å². The number of fused-ring (bicyclic) bond motifs is 1. The summed E-state index contributed by atoms with van der Waals surface area (Å²) in [6, 6.07) is 11.9. The van der Waals surface area contributed by atoms with Crippen LogP contribution in [-0.2, 0) is 14.3 Å². The van der Waals surface area contributed by atoms with Crippen molar-refractivity contribution in [3.63, 3.8) is 0 Å². The average Bonchev–Trinajstić information content (AvgIpc) is 3.06. The van der Waals surface area contributed by atoms with E-state index in [0.717, 1.165) is 16.9 Å². The Labute approximate surface area is 187 Å². The van der Waals surface area contributed by atoms with Gasteiger partial charge in [0.25, 0.3) is 5.91 Å². The van der Waals surface area contributed by atoms with Crippen molar-refractivity contribution in [2.75, 3.05) is 17.2 Å². The number of carbonyl (C=O) groups excluding carboxylic acids is 3. The maximum atomic E-state index is 12.7. The lowest BCUT2D eigenvalue weighted by Crippen LogP contribution is -2.23. The second-order valence-corrected chi connectivity index (χ2v) is 8.35. The molecule has 1 amide bonds. The second-order valence-electron chi connectivity index (χ2n) is 8.35. The van der Waals surface area contributed by atoms with Gasteiger partial charge in [0.05, 0.1) is 29.0 Å². The smallest absolute Gasteiger partial charge is 0.338 e. The summed E-state index contributed by atoms with van der Waals surface area (Å²) < 4.78 is 10.4. The number of hydrogen-bond acceptors (Lipinski definition) is 6. The summed E-state index contributed by atoms with van der Waals surface area (Å²) in [7, 11) is 0. The minimum Gasteiger partial charge on any atom is -0.462 e. The first-order valence-electron chi connectivity index (χ1n) is 10.6. The van der Waals surface area contributed by atoms with Crippen LogP contribution in [0.4, 0.5) is 11.4 Å². The second kappa shape index (κ2) is 9.26. The summed E-state index contributed by atoms with van der Waals surface area (Å²) in [4.78, 5) is 36.9. The van der Waals surface area contributed by atoms with Crippen LogP contribution in [0.5, 0.6) is 0 Å². The van der Waals surface area contributed by atoms with E-state index in [2.05, 4.69) is 10.6 Å². The van der Waals surface area contributed by atoms with Crippen molar-refractivity contribution in [3.05, 3.63) is 64.9 Å². The fourth-order valence-electron chi connectivity index (χ4n) is 3.34. The predicted octanol–water partition coefficient (Wildman–Crippen LogP) is 5.00. The highest BCUT2D eigenvalue weighted by Crippen LogP contribution is 2.36. The van der Waals surface area contributed by atoms with Crippen LogP contribution in [0, 0.1) is 0 Å². The fraction of sp³-hybridized carbons (Fsp3) is 0.320. The lowest BCUT2D eigenvalue weighted by atomic mass is 10.0. The number of allylic oxidation sites excluding steroid dienone is 1. The lowest BCUT2D eigenvalue weighted by Gasteiger charge is -2.19. The highest BCUT2D eigenvalue weighted by atomic mass is 16.6. The molecule has 0 fully saturated rings. The summed E-state index contributed by atoms with van der Waals surface area (Å²) in [5.74, 6) is -1.06. The summed E-state index contributed by atoms with van der Waals surface area (Å²) in [5, 5.41) is 6.11. The van der Waals surface area contributed by atoms with Crippen molar-refractivity contribution >= 4 is 34.8 Å². The van der Waals surface area contributed by atoms with Gasteiger partial charge in [0, 0.05) is 16.9 Å². The van der Waals surface area contributed by atoms with E-state index in [1.807, 2.05) is 27.7 Å². The number of nitrogens with one attached hydrogen (secondary N) is 2. The third kappa shape index (κ3) is 5.17. The number of esters is 2. The standard InChI is InChI=1S/C25H28N2O5/c1-6-19(26-17-11-8-15(9-12-17)24(30)32-25(3,4)5)21-18-13-10-16(23(29)31-7-2)14-20(18)27-22(21)28/h8-14,26H,6-7H2,1-5H3,(H,27,28)/b21-19-. The molecule has 0 saturated heterocycles. The predicted molar refractivity (Wildman–Crippen MR) is 123 cm³/mol. The zero-order valence-electron chi connectivity index (χ0n) is 19.0. The Bertz CT molecular complexity index is 1080. The molecule has 0 aliphatic carbocycles. The first kappa shape index (κ1) is 23.1. The van der Waals surface area contributed by atoms with Gasteiger partial charge in [-0.2, -0.15) is 0 Å². The molecule has 0 saturated carbocycles. The minimum atomic E-state index is -0.565. The molecule has 32 heavy (non-hydrogen) atoms. The van der Waals surface area contributed by atoms with E-state index in [0.29, 0.717) is 28.8 Å². The number of benzene rings is 2. The van der Waals surface area contributed by atoms with Crippen molar-refractivity contribution in [1.29, 1.82) is 0 Å². The third-order valence-corrected chi connectivity index (χ3v) is 4.75. The number of rotatable bonds is 6. The number of amides is 1. The largest absolute Gasteiger partial charge is 0.462 e. The van der Waals surface area contributed by atoms with Crippen LogP contribution in [0.2, 0.25) is 0 Å². The first-order chi connectivity index (χ1) is 15.1. The van der Waals surface area contributed by atoms with E-state index in [1.54, 1.807) is 49.4 Å². The number of anilines is 2. The molecule has 0 atom stereocenters. The van der Waals surface area contributed by atoms with Gasteiger partial charge >= 0.3 is 11.9 Å². The van der Waals surface area contributed by atoms with E-state index in [-0.39, 0.29) is 18.5 Å². The SMILES string of the molecule is CCOC(=O)c1ccc2c(c1)NC(=O)/C2=C(/CC)Nc1ccc(C(=O)OC(C)(C)C)cc1. The van der Waals surface area contributed by atoms with Crippen LogP contribution in [0.1, 0.15) is 67.3 Å². The molecule has 7 heteroatoms. The molecule has 0 spiro atoms.